The summed E-state index contributed by atoms with van der Waals surface area (Å²) >= 11 is 5.94. The van der Waals surface area contributed by atoms with Crippen LogP contribution in [0.1, 0.15) is 35.7 Å². The molecule has 3 heterocycles. The maximum Gasteiger partial charge on any atom is 0.305 e. The van der Waals surface area contributed by atoms with Gasteiger partial charge in [0.2, 0.25) is 0 Å². The minimum atomic E-state index is -0.900. The van der Waals surface area contributed by atoms with Crippen LogP contribution in [-0.2, 0) is 17.6 Å². The van der Waals surface area contributed by atoms with Crippen LogP contribution in [0.25, 0.3) is 0 Å². The van der Waals surface area contributed by atoms with Gasteiger partial charge in [0.05, 0.1) is 25.3 Å². The monoisotopic (exact) mass is 452 g/mol. The molecular weight excluding hydrogens is 428 g/mol. The third-order valence-corrected chi connectivity index (χ3v) is 5.54. The molecule has 3 aromatic rings. The first kappa shape index (κ1) is 21.9. The molecule has 0 bridgehead atoms. The summed E-state index contributed by atoms with van der Waals surface area (Å²) in [5.74, 6) is 1.31. The minimum Gasteiger partial charge on any atom is -0.492 e. The molecule has 4 rings (SSSR count). The van der Waals surface area contributed by atoms with E-state index < -0.39 is 12.0 Å². The summed E-state index contributed by atoms with van der Waals surface area (Å²) in [5, 5.41) is 16.4. The van der Waals surface area contributed by atoms with Crippen molar-refractivity contribution in [2.75, 3.05) is 23.8 Å². The third kappa shape index (κ3) is 5.88. The molecule has 32 heavy (non-hydrogen) atoms. The summed E-state index contributed by atoms with van der Waals surface area (Å²) in [6.45, 7) is 1.46. The van der Waals surface area contributed by atoms with Gasteiger partial charge in [-0.1, -0.05) is 29.8 Å². The number of ether oxygens (including phenoxy) is 1. The number of nitrogens with one attached hydrogen (secondary N) is 2. The van der Waals surface area contributed by atoms with Crippen molar-refractivity contribution in [1.29, 1.82) is 0 Å². The van der Waals surface area contributed by atoms with E-state index in [0.717, 1.165) is 36.5 Å². The number of aryl methyl sites for hydroxylation is 1. The zero-order chi connectivity index (χ0) is 22.3. The SMILES string of the molecule is O=C(O)CC(Nc1ccc(OCCc2ccc3c(n2)NCCC3)cn1)c1ccc(Cl)cc1. The lowest BCUT2D eigenvalue weighted by atomic mass is 10.0. The Morgan fingerprint density at radius 3 is 2.78 bits per heavy atom. The van der Waals surface area contributed by atoms with E-state index in [9.17, 15) is 9.90 Å². The molecule has 8 heteroatoms. The number of fused-ring (bicyclic) bond motifs is 1. The molecule has 1 aromatic carbocycles. The van der Waals surface area contributed by atoms with E-state index in [2.05, 4.69) is 32.7 Å². The molecule has 1 atom stereocenters. The molecule has 0 radical (unpaired) electrons. The van der Waals surface area contributed by atoms with Crippen LogP contribution in [0.5, 0.6) is 5.75 Å². The van der Waals surface area contributed by atoms with Gasteiger partial charge in [0.15, 0.2) is 0 Å². The van der Waals surface area contributed by atoms with Crippen LogP contribution in [0.2, 0.25) is 5.02 Å². The third-order valence-electron chi connectivity index (χ3n) is 5.29. The fraction of sp³-hybridized carbons (Fsp3) is 0.292. The van der Waals surface area contributed by atoms with Crippen molar-refractivity contribution in [2.24, 2.45) is 0 Å². The van der Waals surface area contributed by atoms with Gasteiger partial charge in [0, 0.05) is 23.7 Å². The Hall–Kier alpha value is -3.32. The lowest BCUT2D eigenvalue weighted by Crippen LogP contribution is -2.16. The summed E-state index contributed by atoms with van der Waals surface area (Å²) < 4.78 is 5.82. The summed E-state index contributed by atoms with van der Waals surface area (Å²) in [7, 11) is 0. The van der Waals surface area contributed by atoms with Gasteiger partial charge in [-0.2, -0.15) is 0 Å². The topological polar surface area (TPSA) is 96.4 Å². The van der Waals surface area contributed by atoms with Crippen molar-refractivity contribution >= 4 is 29.2 Å². The second-order valence-corrected chi connectivity index (χ2v) is 8.10. The Labute approximate surface area is 191 Å². The molecule has 0 aliphatic carbocycles. The Kier molecular flexibility index (Phi) is 7.07. The maximum absolute atomic E-state index is 11.3. The zero-order valence-electron chi connectivity index (χ0n) is 17.6. The van der Waals surface area contributed by atoms with Crippen molar-refractivity contribution < 1.29 is 14.6 Å². The Bertz CT molecular complexity index is 1060. The van der Waals surface area contributed by atoms with Crippen LogP contribution in [-0.4, -0.2) is 34.2 Å². The Morgan fingerprint density at radius 1 is 1.19 bits per heavy atom. The molecule has 1 unspecified atom stereocenters. The van der Waals surface area contributed by atoms with Crippen LogP contribution >= 0.6 is 11.6 Å². The number of hydrogen-bond acceptors (Lipinski definition) is 6. The lowest BCUT2D eigenvalue weighted by molar-refractivity contribution is -0.137. The molecule has 0 amide bonds. The quantitative estimate of drug-likeness (QED) is 0.431. The van der Waals surface area contributed by atoms with Gasteiger partial charge in [-0.15, -0.1) is 0 Å². The van der Waals surface area contributed by atoms with Gasteiger partial charge >= 0.3 is 5.97 Å². The van der Waals surface area contributed by atoms with E-state index in [1.54, 1.807) is 24.4 Å². The predicted molar refractivity (Wildman–Crippen MR) is 125 cm³/mol. The highest BCUT2D eigenvalue weighted by Crippen LogP contribution is 2.24. The number of anilines is 2. The summed E-state index contributed by atoms with van der Waals surface area (Å²) in [4.78, 5) is 20.3. The van der Waals surface area contributed by atoms with Crippen molar-refractivity contribution in [2.45, 2.75) is 31.7 Å². The number of aromatic nitrogens is 2. The molecule has 0 saturated carbocycles. The van der Waals surface area contributed by atoms with Gasteiger partial charge in [-0.25, -0.2) is 9.97 Å². The molecule has 0 fully saturated rings. The number of carboxylic acids is 1. The van der Waals surface area contributed by atoms with Crippen LogP contribution in [0, 0.1) is 0 Å². The van der Waals surface area contributed by atoms with Gasteiger partial charge in [0.1, 0.15) is 17.4 Å². The van der Waals surface area contributed by atoms with Crippen molar-refractivity contribution in [1.82, 2.24) is 9.97 Å². The molecule has 1 aliphatic rings. The Balaban J connectivity index is 1.32. The number of benzene rings is 1. The second-order valence-electron chi connectivity index (χ2n) is 7.66. The van der Waals surface area contributed by atoms with E-state index >= 15 is 0 Å². The zero-order valence-corrected chi connectivity index (χ0v) is 18.3. The molecule has 7 nitrogen and oxygen atoms in total. The second kappa shape index (κ2) is 10.3. The van der Waals surface area contributed by atoms with Crippen molar-refractivity contribution in [3.63, 3.8) is 0 Å². The first-order valence-corrected chi connectivity index (χ1v) is 11.0. The van der Waals surface area contributed by atoms with Gasteiger partial charge in [-0.05, 0) is 54.3 Å². The van der Waals surface area contributed by atoms with Crippen molar-refractivity contribution in [3.05, 3.63) is 76.6 Å². The molecule has 166 valence electrons. The average molecular weight is 453 g/mol. The highest BCUT2D eigenvalue weighted by Gasteiger charge is 2.16. The van der Waals surface area contributed by atoms with E-state index in [4.69, 9.17) is 16.3 Å². The van der Waals surface area contributed by atoms with Gasteiger partial charge < -0.3 is 20.5 Å². The van der Waals surface area contributed by atoms with Crippen LogP contribution in [0.3, 0.4) is 0 Å². The normalized spacial score (nSPS) is 13.5. The molecule has 0 saturated heterocycles. The number of rotatable bonds is 9. The fourth-order valence-corrected chi connectivity index (χ4v) is 3.76. The number of nitrogens with zero attached hydrogens (tertiary/aromatic N) is 2. The molecule has 2 aromatic heterocycles. The number of carboxylic acid groups (broad SMARTS) is 1. The summed E-state index contributed by atoms with van der Waals surface area (Å²) in [6.07, 6.45) is 4.47. The molecule has 3 N–H and O–H groups in total. The lowest BCUT2D eigenvalue weighted by Gasteiger charge is -2.18. The largest absolute Gasteiger partial charge is 0.492 e. The standard InChI is InChI=1S/C24H25ClN4O3/c25-18-6-3-16(4-7-18)21(14-23(30)31)29-22-10-9-20(15-27-22)32-13-11-19-8-5-17-2-1-12-26-24(17)28-19/h3-10,15,21H,1-2,11-14H2,(H,26,28)(H,27,29)(H,30,31). The van der Waals surface area contributed by atoms with E-state index in [1.165, 1.54) is 5.56 Å². The van der Waals surface area contributed by atoms with Crippen molar-refractivity contribution in [3.8, 4) is 5.75 Å². The number of carbonyl (C=O) groups is 1. The number of pyridine rings is 2. The fourth-order valence-electron chi connectivity index (χ4n) is 3.63. The van der Waals surface area contributed by atoms with E-state index in [-0.39, 0.29) is 6.42 Å². The van der Waals surface area contributed by atoms with Crippen LogP contribution in [0.15, 0.2) is 54.7 Å². The first-order valence-electron chi connectivity index (χ1n) is 10.6. The molecular formula is C24H25ClN4O3. The number of hydrogen-bond donors (Lipinski definition) is 3. The van der Waals surface area contributed by atoms with Crippen LogP contribution in [0.4, 0.5) is 11.6 Å². The van der Waals surface area contributed by atoms with E-state index in [0.29, 0.717) is 29.6 Å². The summed E-state index contributed by atoms with van der Waals surface area (Å²) in [5.41, 5.74) is 3.09. The smallest absolute Gasteiger partial charge is 0.305 e. The molecule has 1 aliphatic heterocycles. The predicted octanol–water partition coefficient (Wildman–Crippen LogP) is 4.74. The molecule has 0 spiro atoms. The maximum atomic E-state index is 11.3. The van der Waals surface area contributed by atoms with Gasteiger partial charge in [-0.3, -0.25) is 4.79 Å². The Morgan fingerprint density at radius 2 is 2.03 bits per heavy atom. The van der Waals surface area contributed by atoms with E-state index in [1.807, 2.05) is 18.2 Å². The number of halogens is 1. The van der Waals surface area contributed by atoms with Gasteiger partial charge in [0.25, 0.3) is 0 Å². The highest BCUT2D eigenvalue weighted by atomic mass is 35.5. The number of aliphatic carboxylic acids is 1. The first-order chi connectivity index (χ1) is 15.6. The summed E-state index contributed by atoms with van der Waals surface area (Å²) in [6, 6.07) is 14.5. The minimum absolute atomic E-state index is 0.0792. The highest BCUT2D eigenvalue weighted by molar-refractivity contribution is 6.30. The van der Waals surface area contributed by atoms with Crippen LogP contribution < -0.4 is 15.4 Å². The average Bonchev–Trinajstić information content (AvgIpc) is 2.80.